The van der Waals surface area contributed by atoms with E-state index in [0.29, 0.717) is 26.2 Å². The van der Waals surface area contributed by atoms with Crippen molar-refractivity contribution in [1.29, 1.82) is 0 Å². The number of Topliss-reactive ketones (excluding diaryl/α,β-unsaturated/α-hetero) is 1. The summed E-state index contributed by atoms with van der Waals surface area (Å²) in [5.41, 5.74) is 1.11. The van der Waals surface area contributed by atoms with E-state index in [1.54, 1.807) is 17.5 Å². The van der Waals surface area contributed by atoms with Gasteiger partial charge >= 0.3 is 5.97 Å². The van der Waals surface area contributed by atoms with E-state index in [1.807, 2.05) is 17.0 Å². The lowest BCUT2D eigenvalue weighted by molar-refractivity contribution is -0.198. The van der Waals surface area contributed by atoms with Crippen molar-refractivity contribution in [3.05, 3.63) is 24.5 Å². The molecule has 0 aliphatic carbocycles. The first-order valence-corrected chi connectivity index (χ1v) is 8.72. The Hall–Kier alpha value is -2.03. The van der Waals surface area contributed by atoms with Crippen molar-refractivity contribution >= 4 is 17.4 Å². The predicted molar refractivity (Wildman–Crippen MR) is 93.0 cm³/mol. The first-order chi connectivity index (χ1) is 12.1. The second-order valence-corrected chi connectivity index (χ2v) is 6.33. The standard InChI is InChI=1S/C17H25N5O3/c1-14(23)16(21-8-6-19-7-9-21)17(24)25-22-12-10-20(11-13-22)15-2-4-18-5-3-15/h2-5,16,19H,6-13H2,1H3. The summed E-state index contributed by atoms with van der Waals surface area (Å²) in [6, 6.07) is 3.13. The quantitative estimate of drug-likeness (QED) is 0.716. The summed E-state index contributed by atoms with van der Waals surface area (Å²) < 4.78 is 0. The van der Waals surface area contributed by atoms with Crippen LogP contribution in [0.3, 0.4) is 0 Å². The van der Waals surface area contributed by atoms with Crippen LogP contribution in [0.2, 0.25) is 0 Å². The molecule has 1 aromatic rings. The van der Waals surface area contributed by atoms with Gasteiger partial charge in [0.15, 0.2) is 11.8 Å². The zero-order chi connectivity index (χ0) is 17.6. The van der Waals surface area contributed by atoms with Crippen LogP contribution in [0.1, 0.15) is 6.92 Å². The van der Waals surface area contributed by atoms with Crippen molar-refractivity contribution < 1.29 is 14.4 Å². The van der Waals surface area contributed by atoms with E-state index in [1.165, 1.54) is 6.92 Å². The zero-order valence-electron chi connectivity index (χ0n) is 14.6. The lowest BCUT2D eigenvalue weighted by atomic mass is 10.1. The largest absolute Gasteiger partial charge is 0.369 e. The van der Waals surface area contributed by atoms with Crippen molar-refractivity contribution in [3.63, 3.8) is 0 Å². The number of anilines is 1. The number of piperazine rings is 2. The Kier molecular flexibility index (Phi) is 5.95. The third-order valence-corrected chi connectivity index (χ3v) is 4.61. The maximum atomic E-state index is 12.5. The highest BCUT2D eigenvalue weighted by Gasteiger charge is 2.34. The number of aromatic nitrogens is 1. The van der Waals surface area contributed by atoms with Crippen molar-refractivity contribution in [3.8, 4) is 0 Å². The van der Waals surface area contributed by atoms with Crippen LogP contribution < -0.4 is 10.2 Å². The molecular formula is C17H25N5O3. The van der Waals surface area contributed by atoms with Gasteiger partial charge in [-0.05, 0) is 19.1 Å². The number of ketones is 1. The first-order valence-electron chi connectivity index (χ1n) is 8.72. The third-order valence-electron chi connectivity index (χ3n) is 4.61. The molecule has 2 fully saturated rings. The Bertz CT molecular complexity index is 583. The summed E-state index contributed by atoms with van der Waals surface area (Å²) in [6.07, 6.45) is 3.54. The molecule has 1 unspecified atom stereocenters. The van der Waals surface area contributed by atoms with Crippen molar-refractivity contribution in [1.82, 2.24) is 20.3 Å². The van der Waals surface area contributed by atoms with Crippen LogP contribution >= 0.6 is 0 Å². The van der Waals surface area contributed by atoms with E-state index in [0.717, 1.165) is 31.9 Å². The number of rotatable bonds is 5. The number of carbonyl (C=O) groups excluding carboxylic acids is 2. The number of nitrogens with one attached hydrogen (secondary N) is 1. The molecule has 0 saturated carbocycles. The summed E-state index contributed by atoms with van der Waals surface area (Å²) >= 11 is 0. The van der Waals surface area contributed by atoms with Gasteiger partial charge in [0, 0.05) is 57.3 Å². The minimum absolute atomic E-state index is 0.165. The highest BCUT2D eigenvalue weighted by molar-refractivity contribution is 6.01. The smallest absolute Gasteiger partial charge is 0.349 e. The van der Waals surface area contributed by atoms with Gasteiger partial charge in [0.05, 0.1) is 13.1 Å². The van der Waals surface area contributed by atoms with E-state index in [4.69, 9.17) is 4.84 Å². The Balaban J connectivity index is 1.53. The van der Waals surface area contributed by atoms with Crippen LogP contribution in [0.5, 0.6) is 0 Å². The van der Waals surface area contributed by atoms with Crippen molar-refractivity contribution in [2.75, 3.05) is 57.3 Å². The molecule has 0 aromatic carbocycles. The minimum atomic E-state index is -0.805. The predicted octanol–water partition coefficient (Wildman–Crippen LogP) is -0.475. The molecule has 8 nitrogen and oxygen atoms in total. The van der Waals surface area contributed by atoms with Gasteiger partial charge in [0.25, 0.3) is 0 Å². The monoisotopic (exact) mass is 347 g/mol. The molecular weight excluding hydrogens is 322 g/mol. The van der Waals surface area contributed by atoms with E-state index >= 15 is 0 Å². The van der Waals surface area contributed by atoms with Gasteiger partial charge in [-0.25, -0.2) is 4.79 Å². The molecule has 0 spiro atoms. The van der Waals surface area contributed by atoms with E-state index < -0.39 is 12.0 Å². The average molecular weight is 347 g/mol. The van der Waals surface area contributed by atoms with Crippen LogP contribution in [0.15, 0.2) is 24.5 Å². The fraction of sp³-hybridized carbons (Fsp3) is 0.588. The Morgan fingerprint density at radius 2 is 1.72 bits per heavy atom. The van der Waals surface area contributed by atoms with Crippen LogP contribution in [0, 0.1) is 0 Å². The molecule has 1 aromatic heterocycles. The molecule has 3 heterocycles. The summed E-state index contributed by atoms with van der Waals surface area (Å²) in [5, 5.41) is 4.89. The van der Waals surface area contributed by atoms with E-state index in [-0.39, 0.29) is 5.78 Å². The normalized spacial score (nSPS) is 20.9. The molecule has 2 aliphatic rings. The van der Waals surface area contributed by atoms with Crippen LogP contribution in [-0.2, 0) is 14.4 Å². The second-order valence-electron chi connectivity index (χ2n) is 6.33. The number of hydrogen-bond acceptors (Lipinski definition) is 8. The molecule has 0 radical (unpaired) electrons. The van der Waals surface area contributed by atoms with Gasteiger partial charge < -0.3 is 15.1 Å². The second kappa shape index (κ2) is 8.37. The van der Waals surface area contributed by atoms with Gasteiger partial charge in [-0.2, -0.15) is 0 Å². The highest BCUT2D eigenvalue weighted by Crippen LogP contribution is 2.15. The van der Waals surface area contributed by atoms with Crippen LogP contribution in [0.25, 0.3) is 0 Å². The molecule has 1 N–H and O–H groups in total. The molecule has 3 rings (SSSR count). The Morgan fingerprint density at radius 1 is 1.08 bits per heavy atom. The number of carbonyl (C=O) groups is 2. The molecule has 0 bridgehead atoms. The maximum Gasteiger partial charge on any atom is 0.349 e. The molecule has 2 aliphatic heterocycles. The SMILES string of the molecule is CC(=O)C(C(=O)ON1CCN(c2ccncc2)CC1)N1CCNCC1. The van der Waals surface area contributed by atoms with Gasteiger partial charge in [0.2, 0.25) is 0 Å². The fourth-order valence-electron chi connectivity index (χ4n) is 3.28. The van der Waals surface area contributed by atoms with Crippen LogP contribution in [0.4, 0.5) is 5.69 Å². The summed E-state index contributed by atoms with van der Waals surface area (Å²) in [7, 11) is 0. The number of pyridine rings is 1. The van der Waals surface area contributed by atoms with Crippen molar-refractivity contribution in [2.24, 2.45) is 0 Å². The number of nitrogens with zero attached hydrogens (tertiary/aromatic N) is 4. The minimum Gasteiger partial charge on any atom is -0.369 e. The Labute approximate surface area is 147 Å². The zero-order valence-corrected chi connectivity index (χ0v) is 14.6. The lowest BCUT2D eigenvalue weighted by Gasteiger charge is -2.36. The third kappa shape index (κ3) is 4.53. The lowest BCUT2D eigenvalue weighted by Crippen LogP contribution is -2.56. The molecule has 1 atom stereocenters. The average Bonchev–Trinajstić information content (AvgIpc) is 2.64. The topological polar surface area (TPSA) is 78.0 Å². The van der Waals surface area contributed by atoms with Gasteiger partial charge in [-0.1, -0.05) is 0 Å². The molecule has 2 saturated heterocycles. The molecule has 136 valence electrons. The summed E-state index contributed by atoms with van der Waals surface area (Å²) in [6.45, 7) is 7.11. The molecule has 25 heavy (non-hydrogen) atoms. The Morgan fingerprint density at radius 3 is 2.32 bits per heavy atom. The number of hydrogen-bond donors (Lipinski definition) is 1. The summed E-state index contributed by atoms with van der Waals surface area (Å²) in [5.74, 6) is -0.630. The number of hydroxylamine groups is 2. The van der Waals surface area contributed by atoms with Gasteiger partial charge in [0.1, 0.15) is 0 Å². The van der Waals surface area contributed by atoms with E-state index in [9.17, 15) is 9.59 Å². The molecule has 8 heteroatoms. The fourth-order valence-corrected chi connectivity index (χ4v) is 3.28. The maximum absolute atomic E-state index is 12.5. The van der Waals surface area contributed by atoms with E-state index in [2.05, 4.69) is 15.2 Å². The van der Waals surface area contributed by atoms with Crippen LogP contribution in [-0.4, -0.2) is 85.1 Å². The van der Waals surface area contributed by atoms with Crippen molar-refractivity contribution in [2.45, 2.75) is 13.0 Å². The van der Waals surface area contributed by atoms with Gasteiger partial charge in [-0.15, -0.1) is 5.06 Å². The summed E-state index contributed by atoms with van der Waals surface area (Å²) in [4.78, 5) is 38.2. The first kappa shape index (κ1) is 17.8. The molecule has 0 amide bonds. The highest BCUT2D eigenvalue weighted by atomic mass is 16.7. The van der Waals surface area contributed by atoms with Gasteiger partial charge in [-0.3, -0.25) is 14.7 Å².